The van der Waals surface area contributed by atoms with Gasteiger partial charge in [-0.15, -0.1) is 0 Å². The first-order chi connectivity index (χ1) is 6.58. The van der Waals surface area contributed by atoms with Gasteiger partial charge in [0.25, 0.3) is 0 Å². The summed E-state index contributed by atoms with van der Waals surface area (Å²) in [5.74, 6) is 0. The van der Waals surface area contributed by atoms with Gasteiger partial charge >= 0.3 is 0 Å². The smallest absolute Gasteiger partial charge is 0.0948 e. The van der Waals surface area contributed by atoms with Crippen molar-refractivity contribution >= 4 is 23.4 Å². The van der Waals surface area contributed by atoms with Crippen molar-refractivity contribution in [3.8, 4) is 0 Å². The number of hydrogen-bond donors (Lipinski definition) is 0. The molecule has 0 heterocycles. The van der Waals surface area contributed by atoms with Gasteiger partial charge in [0.1, 0.15) is 0 Å². The van der Waals surface area contributed by atoms with Gasteiger partial charge in [0.15, 0.2) is 0 Å². The predicted molar refractivity (Wildman–Crippen MR) is 67.1 cm³/mol. The van der Waals surface area contributed by atoms with E-state index < -0.39 is 6.26 Å². The Hall–Kier alpha value is -0.170. The second kappa shape index (κ2) is 5.06. The van der Waals surface area contributed by atoms with E-state index in [1.54, 1.807) is 0 Å². The molecule has 0 bridgehead atoms. The van der Waals surface area contributed by atoms with Crippen molar-refractivity contribution in [3.63, 3.8) is 0 Å². The lowest BCUT2D eigenvalue weighted by atomic mass is 10.4. The van der Waals surface area contributed by atoms with Crippen LogP contribution in [0.5, 0.6) is 0 Å². The third-order valence-electron chi connectivity index (χ3n) is 1.95. The fourth-order valence-electron chi connectivity index (χ4n) is 1.31. The molecule has 0 radical (unpaired) electrons. The molecule has 0 N–H and O–H groups in total. The van der Waals surface area contributed by atoms with Crippen LogP contribution in [-0.4, -0.2) is 12.3 Å². The molecule has 3 heteroatoms. The van der Waals surface area contributed by atoms with Crippen molar-refractivity contribution in [1.82, 2.24) is 0 Å². The maximum absolute atomic E-state index is 5.90. The van der Waals surface area contributed by atoms with Crippen LogP contribution in [0.2, 0.25) is 0 Å². The van der Waals surface area contributed by atoms with Crippen LogP contribution < -0.4 is 5.30 Å². The molecule has 0 saturated heterocycles. The summed E-state index contributed by atoms with van der Waals surface area (Å²) < 4.78 is 5.90. The molecule has 0 unspecified atom stereocenters. The highest BCUT2D eigenvalue weighted by Gasteiger charge is 2.19. The third kappa shape index (κ3) is 2.91. The zero-order valence-corrected chi connectivity index (χ0v) is 10.6. The SMILES string of the molecule is CC[P@](=S)(OC(C)C)c1ccccc1. The Morgan fingerprint density at radius 2 is 1.86 bits per heavy atom. The molecule has 0 aliphatic heterocycles. The van der Waals surface area contributed by atoms with E-state index in [-0.39, 0.29) is 6.10 Å². The van der Waals surface area contributed by atoms with Crippen molar-refractivity contribution in [2.45, 2.75) is 26.9 Å². The number of hydrogen-bond acceptors (Lipinski definition) is 2. The molecule has 1 atom stereocenters. The van der Waals surface area contributed by atoms with Crippen LogP contribution in [-0.2, 0) is 16.3 Å². The molecule has 1 nitrogen and oxygen atoms in total. The minimum atomic E-state index is -1.78. The van der Waals surface area contributed by atoms with Crippen LogP contribution in [0.1, 0.15) is 20.8 Å². The molecule has 0 aliphatic rings. The summed E-state index contributed by atoms with van der Waals surface area (Å²) in [4.78, 5) is 0. The first kappa shape index (κ1) is 11.9. The van der Waals surface area contributed by atoms with Gasteiger partial charge in [0.05, 0.1) is 12.4 Å². The number of rotatable bonds is 4. The Morgan fingerprint density at radius 3 is 2.29 bits per heavy atom. The molecular weight excluding hydrogens is 211 g/mol. The lowest BCUT2D eigenvalue weighted by molar-refractivity contribution is 0.273. The Labute approximate surface area is 91.6 Å². The second-order valence-electron chi connectivity index (χ2n) is 3.48. The van der Waals surface area contributed by atoms with E-state index in [1.165, 1.54) is 5.30 Å². The molecular formula is C11H17OPS. The third-order valence-corrected chi connectivity index (χ3v) is 6.29. The summed E-state index contributed by atoms with van der Waals surface area (Å²) in [5, 5.41) is 1.19. The first-order valence-electron chi connectivity index (χ1n) is 4.91. The van der Waals surface area contributed by atoms with Gasteiger partial charge in [-0.25, -0.2) is 0 Å². The zero-order chi connectivity index (χ0) is 10.6. The van der Waals surface area contributed by atoms with E-state index in [9.17, 15) is 0 Å². The van der Waals surface area contributed by atoms with Crippen molar-refractivity contribution in [2.24, 2.45) is 0 Å². The summed E-state index contributed by atoms with van der Waals surface area (Å²) >= 11 is 5.63. The van der Waals surface area contributed by atoms with E-state index >= 15 is 0 Å². The van der Waals surface area contributed by atoms with E-state index in [0.29, 0.717) is 0 Å². The monoisotopic (exact) mass is 228 g/mol. The van der Waals surface area contributed by atoms with Crippen molar-refractivity contribution < 1.29 is 4.52 Å². The van der Waals surface area contributed by atoms with Crippen LogP contribution in [0.3, 0.4) is 0 Å². The van der Waals surface area contributed by atoms with Crippen LogP contribution in [0.4, 0.5) is 0 Å². The predicted octanol–water partition coefficient (Wildman–Crippen LogP) is 3.15. The van der Waals surface area contributed by atoms with Crippen molar-refractivity contribution in [3.05, 3.63) is 30.3 Å². The summed E-state index contributed by atoms with van der Waals surface area (Å²) in [6.07, 6.45) is -0.645. The largest absolute Gasteiger partial charge is 0.344 e. The Balaban J connectivity index is 2.97. The van der Waals surface area contributed by atoms with Gasteiger partial charge in [0, 0.05) is 11.5 Å². The van der Waals surface area contributed by atoms with Crippen LogP contribution in [0, 0.1) is 0 Å². The topological polar surface area (TPSA) is 9.23 Å². The summed E-state index contributed by atoms with van der Waals surface area (Å²) in [5.41, 5.74) is 0. The van der Waals surface area contributed by atoms with Crippen LogP contribution >= 0.6 is 6.26 Å². The molecule has 0 spiro atoms. The van der Waals surface area contributed by atoms with Gasteiger partial charge in [0.2, 0.25) is 0 Å². The van der Waals surface area contributed by atoms with Crippen LogP contribution in [0.25, 0.3) is 0 Å². The quantitative estimate of drug-likeness (QED) is 0.732. The molecule has 78 valence electrons. The molecule has 1 aromatic rings. The maximum atomic E-state index is 5.90. The maximum Gasteiger partial charge on any atom is 0.0948 e. The normalized spacial score (nSPS) is 15.4. The highest BCUT2D eigenvalue weighted by atomic mass is 32.4. The van der Waals surface area contributed by atoms with Gasteiger partial charge in [-0.3, -0.25) is 0 Å². The highest BCUT2D eigenvalue weighted by molar-refractivity contribution is 8.15. The van der Waals surface area contributed by atoms with E-state index in [2.05, 4.69) is 19.1 Å². The Bertz CT molecular complexity index is 321. The molecule has 0 aromatic heterocycles. The molecule has 0 amide bonds. The van der Waals surface area contributed by atoms with E-state index in [4.69, 9.17) is 16.3 Å². The molecule has 0 aliphatic carbocycles. The second-order valence-corrected chi connectivity index (χ2v) is 7.96. The van der Waals surface area contributed by atoms with Gasteiger partial charge in [-0.2, -0.15) is 0 Å². The minimum Gasteiger partial charge on any atom is -0.344 e. The van der Waals surface area contributed by atoms with Gasteiger partial charge in [-0.05, 0) is 13.8 Å². The average Bonchev–Trinajstić information content (AvgIpc) is 2.18. The highest BCUT2D eigenvalue weighted by Crippen LogP contribution is 2.46. The lowest BCUT2D eigenvalue weighted by Crippen LogP contribution is -2.12. The van der Waals surface area contributed by atoms with Gasteiger partial charge < -0.3 is 4.52 Å². The summed E-state index contributed by atoms with van der Waals surface area (Å²) in [7, 11) is 0. The molecule has 1 rings (SSSR count). The van der Waals surface area contributed by atoms with E-state index in [1.807, 2.05) is 32.0 Å². The first-order valence-corrected chi connectivity index (χ1v) is 7.82. The fraction of sp³-hybridized carbons (Fsp3) is 0.455. The zero-order valence-electron chi connectivity index (χ0n) is 8.93. The Morgan fingerprint density at radius 1 is 1.29 bits per heavy atom. The summed E-state index contributed by atoms with van der Waals surface area (Å²) in [6.45, 7) is 6.19. The molecule has 0 saturated carbocycles. The standard InChI is InChI=1S/C11H17OPS/c1-4-13(14,12-10(2)3)11-8-6-5-7-9-11/h5-10H,4H2,1-3H3/t13-/m1/s1. The fourth-order valence-corrected chi connectivity index (χ4v) is 4.14. The number of benzene rings is 1. The molecule has 0 fully saturated rings. The van der Waals surface area contributed by atoms with Crippen molar-refractivity contribution in [2.75, 3.05) is 6.16 Å². The minimum absolute atomic E-state index is 0.209. The van der Waals surface area contributed by atoms with Crippen molar-refractivity contribution in [1.29, 1.82) is 0 Å². The average molecular weight is 228 g/mol. The lowest BCUT2D eigenvalue weighted by Gasteiger charge is -2.23. The molecule has 14 heavy (non-hydrogen) atoms. The molecule has 1 aromatic carbocycles. The van der Waals surface area contributed by atoms with Crippen LogP contribution in [0.15, 0.2) is 30.3 Å². The Kier molecular flexibility index (Phi) is 4.31. The van der Waals surface area contributed by atoms with Gasteiger partial charge in [-0.1, -0.05) is 49.1 Å². The summed E-state index contributed by atoms with van der Waals surface area (Å²) in [6, 6.07) is 10.2. The van der Waals surface area contributed by atoms with E-state index in [0.717, 1.165) is 6.16 Å².